The maximum Gasteiger partial charge on any atom is 0.269 e. The Kier molecular flexibility index (Phi) is 7.34. The standard InChI is InChI=1S/C21H17BrN4O6/c1-31-20-10-15(12-23-24-16-5-7-17(8-6-16)25(27)28)19(22)11-21(20)32-13-14-3-2-4-18(9-14)26(29)30/h2-12,24H,13H2,1H3/b23-12+. The number of non-ortho nitro benzene ring substituents is 2. The molecule has 0 aromatic heterocycles. The molecule has 0 spiro atoms. The number of halogens is 1. The molecule has 164 valence electrons. The molecule has 0 heterocycles. The molecule has 11 heteroatoms. The summed E-state index contributed by atoms with van der Waals surface area (Å²) in [6, 6.07) is 15.5. The summed E-state index contributed by atoms with van der Waals surface area (Å²) in [4.78, 5) is 20.7. The van der Waals surface area contributed by atoms with E-state index in [1.54, 1.807) is 42.6 Å². The highest BCUT2D eigenvalue weighted by Gasteiger charge is 2.11. The molecule has 0 aliphatic rings. The van der Waals surface area contributed by atoms with Crippen LogP contribution < -0.4 is 14.9 Å². The summed E-state index contributed by atoms with van der Waals surface area (Å²) in [6.07, 6.45) is 1.55. The first-order chi connectivity index (χ1) is 15.4. The number of hydrogen-bond donors (Lipinski definition) is 1. The number of methoxy groups -OCH3 is 1. The quantitative estimate of drug-likeness (QED) is 0.239. The van der Waals surface area contributed by atoms with Crippen molar-refractivity contribution in [2.75, 3.05) is 12.5 Å². The van der Waals surface area contributed by atoms with E-state index in [1.165, 1.54) is 31.4 Å². The highest BCUT2D eigenvalue weighted by molar-refractivity contribution is 9.10. The van der Waals surface area contributed by atoms with Crippen LogP contribution in [-0.2, 0) is 6.61 Å². The highest BCUT2D eigenvalue weighted by Crippen LogP contribution is 2.33. The van der Waals surface area contributed by atoms with Crippen LogP contribution >= 0.6 is 15.9 Å². The van der Waals surface area contributed by atoms with Crippen molar-refractivity contribution in [2.24, 2.45) is 5.10 Å². The zero-order valence-electron chi connectivity index (χ0n) is 16.7. The summed E-state index contributed by atoms with van der Waals surface area (Å²) < 4.78 is 11.9. The van der Waals surface area contributed by atoms with Crippen LogP contribution in [0.1, 0.15) is 11.1 Å². The zero-order chi connectivity index (χ0) is 23.1. The van der Waals surface area contributed by atoms with Crippen molar-refractivity contribution in [1.82, 2.24) is 0 Å². The van der Waals surface area contributed by atoms with Crippen molar-refractivity contribution in [3.05, 3.63) is 96.5 Å². The highest BCUT2D eigenvalue weighted by atomic mass is 79.9. The van der Waals surface area contributed by atoms with Crippen LogP contribution in [0.15, 0.2) is 70.2 Å². The molecule has 0 radical (unpaired) electrons. The van der Waals surface area contributed by atoms with Gasteiger partial charge in [-0.3, -0.25) is 25.7 Å². The van der Waals surface area contributed by atoms with E-state index in [0.29, 0.717) is 32.8 Å². The van der Waals surface area contributed by atoms with Crippen LogP contribution in [0.25, 0.3) is 0 Å². The lowest BCUT2D eigenvalue weighted by Crippen LogP contribution is -2.00. The van der Waals surface area contributed by atoms with Gasteiger partial charge in [0.05, 0.1) is 28.9 Å². The molecule has 1 N–H and O–H groups in total. The van der Waals surface area contributed by atoms with Crippen LogP contribution in [0.5, 0.6) is 11.5 Å². The van der Waals surface area contributed by atoms with Crippen LogP contribution in [0.4, 0.5) is 17.1 Å². The summed E-state index contributed by atoms with van der Waals surface area (Å²) in [6.45, 7) is 0.125. The van der Waals surface area contributed by atoms with Gasteiger partial charge in [0.2, 0.25) is 0 Å². The number of nitrogens with one attached hydrogen (secondary N) is 1. The molecule has 3 aromatic carbocycles. The van der Waals surface area contributed by atoms with Gasteiger partial charge in [-0.05, 0) is 45.8 Å². The van der Waals surface area contributed by atoms with Crippen LogP contribution in [0.3, 0.4) is 0 Å². The van der Waals surface area contributed by atoms with Crippen molar-refractivity contribution < 1.29 is 19.3 Å². The summed E-state index contributed by atoms with van der Waals surface area (Å²) in [5.41, 5.74) is 4.72. The molecule has 32 heavy (non-hydrogen) atoms. The molecule has 0 amide bonds. The normalized spacial score (nSPS) is 10.7. The van der Waals surface area contributed by atoms with Gasteiger partial charge >= 0.3 is 0 Å². The van der Waals surface area contributed by atoms with Gasteiger partial charge in [-0.1, -0.05) is 12.1 Å². The molecule has 0 bridgehead atoms. The van der Waals surface area contributed by atoms with E-state index < -0.39 is 9.85 Å². The minimum Gasteiger partial charge on any atom is -0.493 e. The fourth-order valence-corrected chi connectivity index (χ4v) is 3.10. The number of anilines is 1. The van der Waals surface area contributed by atoms with Gasteiger partial charge in [0.1, 0.15) is 6.61 Å². The van der Waals surface area contributed by atoms with E-state index in [9.17, 15) is 20.2 Å². The van der Waals surface area contributed by atoms with Crippen molar-refractivity contribution in [2.45, 2.75) is 6.61 Å². The molecule has 3 aromatic rings. The van der Waals surface area contributed by atoms with Crippen molar-refractivity contribution in [1.29, 1.82) is 0 Å². The average molecular weight is 501 g/mol. The number of hydrogen-bond acceptors (Lipinski definition) is 8. The molecule has 0 saturated heterocycles. The molecule has 0 aliphatic heterocycles. The molecule has 0 fully saturated rings. The predicted octanol–water partition coefficient (Wildman–Crippen LogP) is 5.30. The zero-order valence-corrected chi connectivity index (χ0v) is 18.3. The fraction of sp³-hybridized carbons (Fsp3) is 0.0952. The van der Waals surface area contributed by atoms with Crippen molar-refractivity contribution in [3.8, 4) is 11.5 Å². The largest absolute Gasteiger partial charge is 0.493 e. The maximum absolute atomic E-state index is 10.9. The summed E-state index contributed by atoms with van der Waals surface area (Å²) >= 11 is 3.46. The first-order valence-electron chi connectivity index (χ1n) is 9.14. The number of hydrazone groups is 1. The van der Waals surface area contributed by atoms with E-state index in [1.807, 2.05) is 0 Å². The van der Waals surface area contributed by atoms with Crippen molar-refractivity contribution in [3.63, 3.8) is 0 Å². The second-order valence-corrected chi connectivity index (χ2v) is 7.27. The Morgan fingerprint density at radius 2 is 1.72 bits per heavy atom. The maximum atomic E-state index is 10.9. The molecule has 3 rings (SSSR count). The minimum absolute atomic E-state index is 0.00675. The van der Waals surface area contributed by atoms with Crippen molar-refractivity contribution >= 4 is 39.2 Å². The number of nitro benzene ring substituents is 2. The molecule has 0 aliphatic carbocycles. The molecular formula is C21H17BrN4O6. The Bertz CT molecular complexity index is 1170. The Labute approximate surface area is 190 Å². The smallest absolute Gasteiger partial charge is 0.269 e. The fourth-order valence-electron chi connectivity index (χ4n) is 2.68. The van der Waals surface area contributed by atoms with E-state index in [2.05, 4.69) is 26.5 Å². The van der Waals surface area contributed by atoms with Gasteiger partial charge in [0, 0.05) is 34.3 Å². The second-order valence-electron chi connectivity index (χ2n) is 6.41. The topological polar surface area (TPSA) is 129 Å². The second kappa shape index (κ2) is 10.4. The van der Waals surface area contributed by atoms with Crippen LogP contribution in [0.2, 0.25) is 0 Å². The SMILES string of the molecule is COc1cc(/C=N/Nc2ccc([N+](=O)[O-])cc2)c(Br)cc1OCc1cccc([N+](=O)[O-])c1. The van der Waals surface area contributed by atoms with E-state index >= 15 is 0 Å². The summed E-state index contributed by atoms with van der Waals surface area (Å²) in [5, 5.41) is 25.8. The van der Waals surface area contributed by atoms with Crippen LogP contribution in [-0.4, -0.2) is 23.2 Å². The average Bonchev–Trinajstić information content (AvgIpc) is 2.79. The number of ether oxygens (including phenoxy) is 2. The third-order valence-corrected chi connectivity index (χ3v) is 4.96. The number of nitrogens with zero attached hydrogens (tertiary/aromatic N) is 3. The van der Waals surface area contributed by atoms with E-state index in [4.69, 9.17) is 9.47 Å². The van der Waals surface area contributed by atoms with Gasteiger partial charge in [-0.15, -0.1) is 0 Å². The molecule has 0 atom stereocenters. The Hall–Kier alpha value is -3.99. The molecule has 0 unspecified atom stereocenters. The summed E-state index contributed by atoms with van der Waals surface area (Å²) in [5.74, 6) is 0.904. The Morgan fingerprint density at radius 1 is 1.00 bits per heavy atom. The van der Waals surface area contributed by atoms with Gasteiger partial charge < -0.3 is 9.47 Å². The Morgan fingerprint density at radius 3 is 2.38 bits per heavy atom. The Balaban J connectivity index is 1.70. The summed E-state index contributed by atoms with van der Waals surface area (Å²) in [7, 11) is 1.50. The monoisotopic (exact) mass is 500 g/mol. The first kappa shape index (κ1) is 22.7. The lowest BCUT2D eigenvalue weighted by molar-refractivity contribution is -0.385. The van der Waals surface area contributed by atoms with Gasteiger partial charge in [-0.2, -0.15) is 5.10 Å². The molecule has 0 saturated carbocycles. The van der Waals surface area contributed by atoms with E-state index in [-0.39, 0.29) is 18.0 Å². The third kappa shape index (κ3) is 5.79. The van der Waals surface area contributed by atoms with E-state index in [0.717, 1.165) is 0 Å². The minimum atomic E-state index is -0.473. The first-order valence-corrected chi connectivity index (χ1v) is 9.94. The number of nitro groups is 2. The number of rotatable bonds is 9. The molecule has 10 nitrogen and oxygen atoms in total. The van der Waals surface area contributed by atoms with Crippen LogP contribution in [0, 0.1) is 20.2 Å². The van der Waals surface area contributed by atoms with Gasteiger partial charge in [0.25, 0.3) is 11.4 Å². The number of benzene rings is 3. The van der Waals surface area contributed by atoms with Gasteiger partial charge in [-0.25, -0.2) is 0 Å². The predicted molar refractivity (Wildman–Crippen MR) is 122 cm³/mol. The van der Waals surface area contributed by atoms with Gasteiger partial charge in [0.15, 0.2) is 11.5 Å². The lowest BCUT2D eigenvalue weighted by atomic mass is 10.2. The third-order valence-electron chi connectivity index (χ3n) is 4.27. The molecular weight excluding hydrogens is 484 g/mol. The lowest BCUT2D eigenvalue weighted by Gasteiger charge is -2.13.